The first-order valence-electron chi connectivity index (χ1n) is 5.62. The predicted octanol–water partition coefficient (Wildman–Crippen LogP) is 0.448. The molecule has 1 saturated heterocycles. The van der Waals surface area contributed by atoms with E-state index in [1.807, 2.05) is 11.0 Å². The van der Waals surface area contributed by atoms with E-state index in [1.54, 1.807) is 6.07 Å². The molecule has 6 nitrogen and oxygen atoms in total. The largest absolute Gasteiger partial charge is 0.469 e. The molecule has 0 aromatic carbocycles. The van der Waals surface area contributed by atoms with Crippen LogP contribution in [0.15, 0.2) is 12.1 Å². The van der Waals surface area contributed by atoms with Crippen molar-refractivity contribution in [2.45, 2.75) is 12.8 Å². The second-order valence-corrected chi connectivity index (χ2v) is 4.12. The Kier molecular flexibility index (Phi) is 3.41. The highest BCUT2D eigenvalue weighted by Crippen LogP contribution is 2.22. The van der Waals surface area contributed by atoms with E-state index in [4.69, 9.17) is 10.5 Å². The van der Waals surface area contributed by atoms with Crippen LogP contribution in [0.1, 0.15) is 12.8 Å². The van der Waals surface area contributed by atoms with Gasteiger partial charge in [0.15, 0.2) is 5.82 Å². The molecule has 6 heteroatoms. The molecule has 1 fully saturated rings. The maximum atomic E-state index is 11.5. The van der Waals surface area contributed by atoms with Crippen LogP contribution in [0.4, 0.5) is 11.6 Å². The Bertz CT molecular complexity index is 393. The highest BCUT2D eigenvalue weighted by atomic mass is 16.5. The van der Waals surface area contributed by atoms with Crippen molar-refractivity contribution in [1.29, 1.82) is 0 Å². The fourth-order valence-corrected chi connectivity index (χ4v) is 2.05. The topological polar surface area (TPSA) is 81.3 Å². The summed E-state index contributed by atoms with van der Waals surface area (Å²) in [4.78, 5) is 13.5. The number of carbonyl (C=O) groups is 1. The van der Waals surface area contributed by atoms with Gasteiger partial charge in [0.2, 0.25) is 0 Å². The zero-order valence-corrected chi connectivity index (χ0v) is 9.80. The second kappa shape index (κ2) is 4.99. The number of ether oxygens (including phenoxy) is 1. The minimum absolute atomic E-state index is 0.0758. The lowest BCUT2D eigenvalue weighted by Crippen LogP contribution is -2.39. The maximum Gasteiger partial charge on any atom is 0.310 e. The molecule has 1 aromatic rings. The second-order valence-electron chi connectivity index (χ2n) is 4.12. The van der Waals surface area contributed by atoms with Gasteiger partial charge in [-0.05, 0) is 25.0 Å². The summed E-state index contributed by atoms with van der Waals surface area (Å²) in [6, 6.07) is 3.53. The van der Waals surface area contributed by atoms with Crippen molar-refractivity contribution < 1.29 is 9.53 Å². The highest BCUT2D eigenvalue weighted by Gasteiger charge is 2.27. The number of piperidine rings is 1. The summed E-state index contributed by atoms with van der Waals surface area (Å²) < 4.78 is 4.77. The van der Waals surface area contributed by atoms with Crippen molar-refractivity contribution in [1.82, 2.24) is 10.2 Å². The number of nitrogens with two attached hydrogens (primary N) is 1. The van der Waals surface area contributed by atoms with Gasteiger partial charge in [0.25, 0.3) is 0 Å². The Hall–Kier alpha value is -1.85. The van der Waals surface area contributed by atoms with Crippen LogP contribution in [-0.2, 0) is 9.53 Å². The molecule has 0 radical (unpaired) electrons. The number of anilines is 2. The zero-order chi connectivity index (χ0) is 12.3. The van der Waals surface area contributed by atoms with Crippen LogP contribution in [0.3, 0.4) is 0 Å². The predicted molar refractivity (Wildman–Crippen MR) is 63.4 cm³/mol. The summed E-state index contributed by atoms with van der Waals surface area (Å²) in [7, 11) is 1.42. The number of nitrogens with zero attached hydrogens (tertiary/aromatic N) is 3. The van der Waals surface area contributed by atoms with Crippen LogP contribution >= 0.6 is 0 Å². The lowest BCUT2D eigenvalue weighted by Gasteiger charge is -2.31. The number of esters is 1. The number of carbonyl (C=O) groups excluding carboxylic acids is 1. The molecule has 0 amide bonds. The van der Waals surface area contributed by atoms with E-state index < -0.39 is 0 Å². The summed E-state index contributed by atoms with van der Waals surface area (Å²) >= 11 is 0. The molecule has 0 bridgehead atoms. The standard InChI is InChI=1S/C11H16N4O2/c1-17-11(16)8-3-2-6-15(7-8)10-5-4-9(12)13-14-10/h4-5,8H,2-3,6-7H2,1H3,(H2,12,13). The van der Waals surface area contributed by atoms with Crippen molar-refractivity contribution in [3.8, 4) is 0 Å². The maximum absolute atomic E-state index is 11.5. The van der Waals surface area contributed by atoms with Crippen LogP contribution in [0.5, 0.6) is 0 Å². The molecule has 2 rings (SSSR count). The molecule has 1 unspecified atom stereocenters. The van der Waals surface area contributed by atoms with Crippen LogP contribution < -0.4 is 10.6 Å². The Morgan fingerprint density at radius 3 is 3.00 bits per heavy atom. The van der Waals surface area contributed by atoms with Crippen LogP contribution in [-0.4, -0.2) is 36.4 Å². The van der Waals surface area contributed by atoms with Crippen molar-refractivity contribution in [3.63, 3.8) is 0 Å². The van der Waals surface area contributed by atoms with Crippen molar-refractivity contribution in [3.05, 3.63) is 12.1 Å². The van der Waals surface area contributed by atoms with E-state index in [-0.39, 0.29) is 11.9 Å². The molecule has 17 heavy (non-hydrogen) atoms. The number of nitrogen functional groups attached to an aromatic ring is 1. The zero-order valence-electron chi connectivity index (χ0n) is 9.80. The molecule has 2 heterocycles. The first-order valence-corrected chi connectivity index (χ1v) is 5.62. The lowest BCUT2D eigenvalue weighted by atomic mass is 9.98. The normalized spacial score (nSPS) is 20.1. The van der Waals surface area contributed by atoms with Gasteiger partial charge in [-0.25, -0.2) is 0 Å². The fourth-order valence-electron chi connectivity index (χ4n) is 2.05. The summed E-state index contributed by atoms with van der Waals surface area (Å²) in [6.07, 6.45) is 1.82. The lowest BCUT2D eigenvalue weighted by molar-refractivity contribution is -0.145. The Morgan fingerprint density at radius 2 is 2.35 bits per heavy atom. The van der Waals surface area contributed by atoms with Crippen molar-refractivity contribution in [2.75, 3.05) is 30.8 Å². The highest BCUT2D eigenvalue weighted by molar-refractivity contribution is 5.73. The molecule has 1 atom stereocenters. The van der Waals surface area contributed by atoms with Gasteiger partial charge in [0.05, 0.1) is 13.0 Å². The minimum atomic E-state index is -0.155. The van der Waals surface area contributed by atoms with Crippen LogP contribution in [0, 0.1) is 5.92 Å². The molecule has 2 N–H and O–H groups in total. The van der Waals surface area contributed by atoms with E-state index in [9.17, 15) is 4.79 Å². The number of rotatable bonds is 2. The molecule has 0 saturated carbocycles. The summed E-state index contributed by atoms with van der Waals surface area (Å²) in [6.45, 7) is 1.51. The number of methoxy groups -OCH3 is 1. The van der Waals surface area contributed by atoms with E-state index in [0.29, 0.717) is 12.4 Å². The quantitative estimate of drug-likeness (QED) is 0.751. The number of hydrogen-bond donors (Lipinski definition) is 1. The monoisotopic (exact) mass is 236 g/mol. The molecule has 0 spiro atoms. The molecule has 1 aliphatic rings. The third kappa shape index (κ3) is 2.64. The van der Waals surface area contributed by atoms with Gasteiger partial charge in [-0.3, -0.25) is 4.79 Å². The Labute approximate surface area is 99.8 Å². The summed E-state index contributed by atoms with van der Waals surface area (Å²) in [5.41, 5.74) is 5.49. The molecule has 1 aromatic heterocycles. The number of hydrogen-bond acceptors (Lipinski definition) is 6. The molecule has 92 valence electrons. The van der Waals surface area contributed by atoms with Crippen LogP contribution in [0.25, 0.3) is 0 Å². The van der Waals surface area contributed by atoms with Crippen LogP contribution in [0.2, 0.25) is 0 Å². The molecular formula is C11H16N4O2. The Morgan fingerprint density at radius 1 is 1.53 bits per heavy atom. The van der Waals surface area contributed by atoms with Gasteiger partial charge < -0.3 is 15.4 Å². The SMILES string of the molecule is COC(=O)C1CCCN(c2ccc(N)nn2)C1. The number of aromatic nitrogens is 2. The first-order chi connectivity index (χ1) is 8.20. The minimum Gasteiger partial charge on any atom is -0.469 e. The van der Waals surface area contributed by atoms with Gasteiger partial charge in [-0.15, -0.1) is 10.2 Å². The summed E-state index contributed by atoms with van der Waals surface area (Å²) in [5, 5.41) is 7.83. The van der Waals surface area contributed by atoms with Gasteiger partial charge in [0, 0.05) is 13.1 Å². The molecular weight excluding hydrogens is 220 g/mol. The van der Waals surface area contributed by atoms with Gasteiger partial charge in [-0.2, -0.15) is 0 Å². The summed E-state index contributed by atoms with van der Waals surface area (Å²) in [5.74, 6) is 0.925. The Balaban J connectivity index is 2.06. The smallest absolute Gasteiger partial charge is 0.310 e. The van der Waals surface area contributed by atoms with Gasteiger partial charge in [-0.1, -0.05) is 0 Å². The van der Waals surface area contributed by atoms with E-state index in [2.05, 4.69) is 10.2 Å². The van der Waals surface area contributed by atoms with E-state index in [0.717, 1.165) is 25.2 Å². The molecule has 1 aliphatic heterocycles. The first kappa shape index (κ1) is 11.6. The van der Waals surface area contributed by atoms with E-state index in [1.165, 1.54) is 7.11 Å². The van der Waals surface area contributed by atoms with Gasteiger partial charge in [0.1, 0.15) is 5.82 Å². The average molecular weight is 236 g/mol. The van der Waals surface area contributed by atoms with Gasteiger partial charge >= 0.3 is 5.97 Å². The van der Waals surface area contributed by atoms with E-state index >= 15 is 0 Å². The van der Waals surface area contributed by atoms with Crippen molar-refractivity contribution in [2.24, 2.45) is 5.92 Å². The third-order valence-corrected chi connectivity index (χ3v) is 2.95. The third-order valence-electron chi connectivity index (χ3n) is 2.95. The van der Waals surface area contributed by atoms with Crippen molar-refractivity contribution >= 4 is 17.6 Å². The fraction of sp³-hybridized carbons (Fsp3) is 0.545. The molecule has 0 aliphatic carbocycles. The average Bonchev–Trinajstić information content (AvgIpc) is 2.39.